The van der Waals surface area contributed by atoms with Crippen LogP contribution < -0.4 is 5.32 Å². The van der Waals surface area contributed by atoms with Gasteiger partial charge in [0.05, 0.1) is 12.2 Å². The first-order valence-electron chi connectivity index (χ1n) is 6.63. The third-order valence-corrected chi connectivity index (χ3v) is 3.55. The van der Waals surface area contributed by atoms with E-state index < -0.39 is 23.4 Å². The second-order valence-electron chi connectivity index (χ2n) is 5.23. The van der Waals surface area contributed by atoms with Crippen molar-refractivity contribution in [2.24, 2.45) is 5.92 Å². The summed E-state index contributed by atoms with van der Waals surface area (Å²) in [6.45, 7) is 3.92. The van der Waals surface area contributed by atoms with Crippen LogP contribution in [0.5, 0.6) is 0 Å². The molecule has 0 aliphatic carbocycles. The van der Waals surface area contributed by atoms with Crippen LogP contribution >= 0.6 is 0 Å². The quantitative estimate of drug-likeness (QED) is 0.867. The van der Waals surface area contributed by atoms with Crippen LogP contribution in [0.3, 0.4) is 0 Å². The molecule has 1 amide bonds. The van der Waals surface area contributed by atoms with Crippen molar-refractivity contribution < 1.29 is 18.0 Å². The number of nitrogens with zero attached hydrogens (tertiary/aromatic N) is 1. The van der Waals surface area contributed by atoms with E-state index >= 15 is 0 Å². The summed E-state index contributed by atoms with van der Waals surface area (Å²) in [5.74, 6) is -3.99. The van der Waals surface area contributed by atoms with Gasteiger partial charge in [-0.15, -0.1) is 0 Å². The predicted octanol–water partition coefficient (Wildman–Crippen LogP) is 2.77. The molecule has 0 bridgehead atoms. The van der Waals surface area contributed by atoms with Gasteiger partial charge in [-0.05, 0) is 44.0 Å². The molecule has 0 aromatic heterocycles. The van der Waals surface area contributed by atoms with Gasteiger partial charge in [0.2, 0.25) is 5.91 Å². The Balaban J connectivity index is 1.93. The number of likely N-dealkylation sites (tertiary alicyclic amines) is 1. The van der Waals surface area contributed by atoms with Crippen LogP contribution in [0, 0.1) is 23.4 Å². The molecule has 1 fully saturated rings. The lowest BCUT2D eigenvalue weighted by Crippen LogP contribution is -2.38. The fourth-order valence-corrected chi connectivity index (χ4v) is 2.24. The number of rotatable bonds is 3. The zero-order chi connectivity index (χ0) is 14.7. The van der Waals surface area contributed by atoms with Crippen molar-refractivity contribution in [3.05, 3.63) is 29.6 Å². The zero-order valence-corrected chi connectivity index (χ0v) is 11.3. The highest BCUT2D eigenvalue weighted by Gasteiger charge is 2.19. The van der Waals surface area contributed by atoms with Gasteiger partial charge in [0, 0.05) is 0 Å². The Morgan fingerprint density at radius 1 is 1.25 bits per heavy atom. The van der Waals surface area contributed by atoms with E-state index in [1.807, 2.05) is 4.90 Å². The van der Waals surface area contributed by atoms with Crippen LogP contribution in [0.1, 0.15) is 19.8 Å². The van der Waals surface area contributed by atoms with Crippen molar-refractivity contribution in [3.8, 4) is 0 Å². The van der Waals surface area contributed by atoms with Crippen molar-refractivity contribution in [1.82, 2.24) is 4.90 Å². The molecule has 1 aliphatic heterocycles. The molecule has 110 valence electrons. The zero-order valence-electron chi connectivity index (χ0n) is 11.3. The Hall–Kier alpha value is -1.56. The number of piperidine rings is 1. The number of carbonyl (C=O) groups excluding carboxylic acids is 1. The summed E-state index contributed by atoms with van der Waals surface area (Å²) in [7, 11) is 0. The number of hydrogen-bond acceptors (Lipinski definition) is 2. The van der Waals surface area contributed by atoms with Crippen molar-refractivity contribution in [3.63, 3.8) is 0 Å². The minimum absolute atomic E-state index is 0.130. The average molecular weight is 286 g/mol. The van der Waals surface area contributed by atoms with Crippen molar-refractivity contribution in [1.29, 1.82) is 0 Å². The van der Waals surface area contributed by atoms with Crippen molar-refractivity contribution in [2.75, 3.05) is 25.0 Å². The van der Waals surface area contributed by atoms with Gasteiger partial charge in [0.25, 0.3) is 0 Å². The van der Waals surface area contributed by atoms with Crippen LogP contribution in [0.25, 0.3) is 0 Å². The standard InChI is InChI=1S/C14H17F3N2O/c1-9-4-6-19(7-5-9)8-12(20)18-11-3-2-10(15)13(16)14(11)17/h2-3,9H,4-8H2,1H3,(H,18,20). The fraction of sp³-hybridized carbons (Fsp3) is 0.500. The molecule has 0 saturated carbocycles. The molecule has 1 aromatic carbocycles. The summed E-state index contributed by atoms with van der Waals surface area (Å²) in [5.41, 5.74) is -0.334. The highest BCUT2D eigenvalue weighted by atomic mass is 19.2. The predicted molar refractivity (Wildman–Crippen MR) is 69.8 cm³/mol. The van der Waals surface area contributed by atoms with Gasteiger partial charge in [0.15, 0.2) is 17.5 Å². The van der Waals surface area contributed by atoms with Gasteiger partial charge in [-0.1, -0.05) is 6.92 Å². The van der Waals surface area contributed by atoms with Crippen LogP contribution in [0.4, 0.5) is 18.9 Å². The highest BCUT2D eigenvalue weighted by Crippen LogP contribution is 2.20. The number of anilines is 1. The van der Waals surface area contributed by atoms with E-state index in [0.717, 1.165) is 38.1 Å². The molecule has 2 rings (SSSR count). The van der Waals surface area contributed by atoms with Gasteiger partial charge in [-0.2, -0.15) is 0 Å². The third-order valence-electron chi connectivity index (χ3n) is 3.55. The maximum atomic E-state index is 13.4. The molecule has 0 atom stereocenters. The normalized spacial score (nSPS) is 17.2. The van der Waals surface area contributed by atoms with Gasteiger partial charge >= 0.3 is 0 Å². The number of carbonyl (C=O) groups is 1. The smallest absolute Gasteiger partial charge is 0.238 e. The van der Waals surface area contributed by atoms with Crippen molar-refractivity contribution in [2.45, 2.75) is 19.8 Å². The first-order valence-corrected chi connectivity index (χ1v) is 6.63. The SMILES string of the molecule is CC1CCN(CC(=O)Nc2ccc(F)c(F)c2F)CC1. The van der Waals surface area contributed by atoms with Gasteiger partial charge < -0.3 is 5.32 Å². The number of nitrogens with one attached hydrogen (secondary N) is 1. The Bertz CT molecular complexity index is 499. The molecule has 0 radical (unpaired) electrons. The maximum absolute atomic E-state index is 13.4. The molecular weight excluding hydrogens is 269 g/mol. The molecule has 1 saturated heterocycles. The Morgan fingerprint density at radius 2 is 1.90 bits per heavy atom. The van der Waals surface area contributed by atoms with Crippen LogP contribution in [0.2, 0.25) is 0 Å². The van der Waals surface area contributed by atoms with E-state index in [4.69, 9.17) is 0 Å². The Kier molecular flexibility index (Phi) is 4.65. The minimum Gasteiger partial charge on any atom is -0.322 e. The van der Waals surface area contributed by atoms with E-state index in [9.17, 15) is 18.0 Å². The topological polar surface area (TPSA) is 32.3 Å². The summed E-state index contributed by atoms with van der Waals surface area (Å²) in [6.07, 6.45) is 2.04. The van der Waals surface area contributed by atoms with Gasteiger partial charge in [-0.25, -0.2) is 13.2 Å². The van der Waals surface area contributed by atoms with E-state index in [1.54, 1.807) is 0 Å². The molecule has 1 N–H and O–H groups in total. The van der Waals surface area contributed by atoms with Crippen molar-refractivity contribution >= 4 is 11.6 Å². The maximum Gasteiger partial charge on any atom is 0.238 e. The summed E-state index contributed by atoms with van der Waals surface area (Å²) in [5, 5.41) is 2.27. The molecule has 6 heteroatoms. The highest BCUT2D eigenvalue weighted by molar-refractivity contribution is 5.92. The second-order valence-corrected chi connectivity index (χ2v) is 5.23. The average Bonchev–Trinajstić information content (AvgIpc) is 2.42. The first-order chi connectivity index (χ1) is 9.47. The molecule has 20 heavy (non-hydrogen) atoms. The number of hydrogen-bond donors (Lipinski definition) is 1. The van der Waals surface area contributed by atoms with Crippen LogP contribution in [-0.4, -0.2) is 30.4 Å². The minimum atomic E-state index is -1.57. The molecular formula is C14H17F3N2O. The first kappa shape index (κ1) is 14.8. The lowest BCUT2D eigenvalue weighted by molar-refractivity contribution is -0.117. The van der Waals surface area contributed by atoms with Gasteiger partial charge in [0.1, 0.15) is 0 Å². The van der Waals surface area contributed by atoms with Gasteiger partial charge in [-0.3, -0.25) is 9.69 Å². The largest absolute Gasteiger partial charge is 0.322 e. The van der Waals surface area contributed by atoms with E-state index in [1.165, 1.54) is 0 Å². The second kappa shape index (κ2) is 6.26. The molecule has 0 unspecified atom stereocenters. The van der Waals surface area contributed by atoms with Crippen LogP contribution in [0.15, 0.2) is 12.1 Å². The monoisotopic (exact) mass is 286 g/mol. The molecule has 1 heterocycles. The Labute approximate surface area is 115 Å². The number of benzene rings is 1. The van der Waals surface area contributed by atoms with E-state index in [2.05, 4.69) is 12.2 Å². The summed E-state index contributed by atoms with van der Waals surface area (Å²) < 4.78 is 39.2. The molecule has 0 spiro atoms. The summed E-state index contributed by atoms with van der Waals surface area (Å²) in [4.78, 5) is 13.7. The molecule has 1 aliphatic rings. The number of halogens is 3. The van der Waals surface area contributed by atoms with E-state index in [-0.39, 0.29) is 12.2 Å². The molecule has 3 nitrogen and oxygen atoms in total. The lowest BCUT2D eigenvalue weighted by Gasteiger charge is -2.29. The lowest BCUT2D eigenvalue weighted by atomic mass is 9.99. The Morgan fingerprint density at radius 3 is 2.55 bits per heavy atom. The molecule has 1 aromatic rings. The summed E-state index contributed by atoms with van der Waals surface area (Å²) in [6, 6.07) is 1.81. The third kappa shape index (κ3) is 3.50. The fourth-order valence-electron chi connectivity index (χ4n) is 2.24. The van der Waals surface area contributed by atoms with Crippen LogP contribution in [-0.2, 0) is 4.79 Å². The summed E-state index contributed by atoms with van der Waals surface area (Å²) >= 11 is 0. The van der Waals surface area contributed by atoms with E-state index in [0.29, 0.717) is 5.92 Å². The number of amides is 1.